The third-order valence-corrected chi connectivity index (χ3v) is 4.91. The predicted molar refractivity (Wildman–Crippen MR) is 91.8 cm³/mol. The maximum atomic E-state index is 12.3. The van der Waals surface area contributed by atoms with E-state index in [1.807, 2.05) is 31.2 Å². The summed E-state index contributed by atoms with van der Waals surface area (Å²) >= 11 is 0. The van der Waals surface area contributed by atoms with E-state index in [1.165, 1.54) is 10.5 Å². The number of quaternary nitrogens is 1. The standard InChI is InChI=1S/C18H27N3O3/c1-13(21-11-8-15(9-12-21)17(19)22)18(23)20-10-7-14-3-5-16(24-2)6-4-14/h3-6,13,15H,7-12H2,1-2H3,(H2,19,22)(H,20,23)/p+1/t13-/m1/s1. The SMILES string of the molecule is COc1ccc(CCNC(=O)[C@@H](C)[NH+]2CCC(C(N)=O)CC2)cc1. The number of rotatable bonds is 7. The second-order valence-electron chi connectivity index (χ2n) is 6.45. The number of hydrogen-bond donors (Lipinski definition) is 3. The summed E-state index contributed by atoms with van der Waals surface area (Å²) in [5.41, 5.74) is 6.52. The molecule has 0 unspecified atom stereocenters. The van der Waals surface area contributed by atoms with Gasteiger partial charge in [-0.1, -0.05) is 12.1 Å². The monoisotopic (exact) mass is 334 g/mol. The molecule has 6 nitrogen and oxygen atoms in total. The summed E-state index contributed by atoms with van der Waals surface area (Å²) in [4.78, 5) is 24.7. The maximum Gasteiger partial charge on any atom is 0.278 e. The highest BCUT2D eigenvalue weighted by atomic mass is 16.5. The Labute approximate surface area is 143 Å². The van der Waals surface area contributed by atoms with E-state index in [0.29, 0.717) is 6.54 Å². The van der Waals surface area contributed by atoms with Crippen molar-refractivity contribution in [2.75, 3.05) is 26.7 Å². The molecule has 132 valence electrons. The van der Waals surface area contributed by atoms with Crippen molar-refractivity contribution in [2.24, 2.45) is 11.7 Å². The minimum Gasteiger partial charge on any atom is -0.497 e. The van der Waals surface area contributed by atoms with E-state index in [0.717, 1.165) is 38.1 Å². The highest BCUT2D eigenvalue weighted by Crippen LogP contribution is 2.11. The molecule has 1 aromatic rings. The van der Waals surface area contributed by atoms with Crippen LogP contribution in [0.25, 0.3) is 0 Å². The first-order chi connectivity index (χ1) is 11.5. The van der Waals surface area contributed by atoms with Crippen LogP contribution in [0.2, 0.25) is 0 Å². The summed E-state index contributed by atoms with van der Waals surface area (Å²) in [6, 6.07) is 7.76. The minimum atomic E-state index is -0.217. The molecule has 0 radical (unpaired) electrons. The van der Waals surface area contributed by atoms with Crippen molar-refractivity contribution in [1.82, 2.24) is 5.32 Å². The van der Waals surface area contributed by atoms with Gasteiger partial charge in [0.05, 0.1) is 20.2 Å². The number of carbonyl (C=O) groups is 2. The second kappa shape index (κ2) is 8.68. The zero-order chi connectivity index (χ0) is 17.5. The van der Waals surface area contributed by atoms with E-state index in [4.69, 9.17) is 10.5 Å². The summed E-state index contributed by atoms with van der Waals surface area (Å²) in [6.45, 7) is 4.21. The molecular formula is C18H28N3O3+. The lowest BCUT2D eigenvalue weighted by Gasteiger charge is -2.31. The fourth-order valence-electron chi connectivity index (χ4n) is 3.17. The van der Waals surface area contributed by atoms with Gasteiger partial charge in [-0.3, -0.25) is 9.59 Å². The second-order valence-corrected chi connectivity index (χ2v) is 6.45. The van der Waals surface area contributed by atoms with Gasteiger partial charge in [-0.2, -0.15) is 0 Å². The summed E-state index contributed by atoms with van der Waals surface area (Å²) < 4.78 is 5.13. The average Bonchev–Trinajstić information content (AvgIpc) is 2.61. The topological polar surface area (TPSA) is 85.9 Å². The average molecular weight is 334 g/mol. The van der Waals surface area contributed by atoms with Crippen LogP contribution in [-0.4, -0.2) is 44.6 Å². The molecule has 0 saturated carbocycles. The fraction of sp³-hybridized carbons (Fsp3) is 0.556. The number of piperidine rings is 1. The molecule has 1 fully saturated rings. The first kappa shape index (κ1) is 18.3. The van der Waals surface area contributed by atoms with Crippen LogP contribution in [0.5, 0.6) is 5.75 Å². The molecule has 6 heteroatoms. The molecule has 1 aliphatic rings. The first-order valence-electron chi connectivity index (χ1n) is 8.55. The van der Waals surface area contributed by atoms with Crippen molar-refractivity contribution in [2.45, 2.75) is 32.2 Å². The van der Waals surface area contributed by atoms with Gasteiger partial charge in [0.2, 0.25) is 5.91 Å². The molecule has 1 aliphatic heterocycles. The molecule has 1 aromatic carbocycles. The lowest BCUT2D eigenvalue weighted by molar-refractivity contribution is -0.919. The van der Waals surface area contributed by atoms with Crippen molar-refractivity contribution in [3.05, 3.63) is 29.8 Å². The van der Waals surface area contributed by atoms with Crippen LogP contribution in [0.15, 0.2) is 24.3 Å². The van der Waals surface area contributed by atoms with Gasteiger partial charge in [-0.25, -0.2) is 0 Å². The number of likely N-dealkylation sites (tertiary alicyclic amines) is 1. The molecule has 1 saturated heterocycles. The molecule has 1 heterocycles. The van der Waals surface area contributed by atoms with E-state index in [1.54, 1.807) is 7.11 Å². The van der Waals surface area contributed by atoms with Gasteiger partial charge < -0.3 is 20.7 Å². The molecule has 0 bridgehead atoms. The number of amides is 2. The highest BCUT2D eigenvalue weighted by Gasteiger charge is 2.31. The zero-order valence-corrected chi connectivity index (χ0v) is 14.5. The van der Waals surface area contributed by atoms with E-state index >= 15 is 0 Å². The third-order valence-electron chi connectivity index (χ3n) is 4.91. The quantitative estimate of drug-likeness (QED) is 0.630. The van der Waals surface area contributed by atoms with Crippen LogP contribution in [0.3, 0.4) is 0 Å². The fourth-order valence-corrected chi connectivity index (χ4v) is 3.17. The Kier molecular flexibility index (Phi) is 6.61. The minimum absolute atomic E-state index is 0.0286. The van der Waals surface area contributed by atoms with E-state index in [9.17, 15) is 9.59 Å². The number of hydrogen-bond acceptors (Lipinski definition) is 3. The Morgan fingerprint density at radius 1 is 1.29 bits per heavy atom. The van der Waals surface area contributed by atoms with Gasteiger partial charge in [-0.05, 0) is 31.0 Å². The lowest BCUT2D eigenvalue weighted by atomic mass is 9.95. The first-order valence-corrected chi connectivity index (χ1v) is 8.55. The summed E-state index contributed by atoms with van der Waals surface area (Å²) in [5, 5.41) is 3.01. The Balaban J connectivity index is 1.72. The van der Waals surface area contributed by atoms with Gasteiger partial charge in [0.1, 0.15) is 5.75 Å². The Morgan fingerprint density at radius 2 is 1.92 bits per heavy atom. The van der Waals surface area contributed by atoms with E-state index in [-0.39, 0.29) is 23.8 Å². The smallest absolute Gasteiger partial charge is 0.278 e. The zero-order valence-electron chi connectivity index (χ0n) is 14.5. The lowest BCUT2D eigenvalue weighted by Crippen LogP contribution is -3.17. The number of ether oxygens (including phenoxy) is 1. The molecule has 2 amide bonds. The predicted octanol–water partition coefficient (Wildman–Crippen LogP) is -0.477. The number of nitrogens with two attached hydrogens (primary N) is 1. The summed E-state index contributed by atoms with van der Waals surface area (Å²) in [6.07, 6.45) is 2.34. The molecular weight excluding hydrogens is 306 g/mol. The molecule has 4 N–H and O–H groups in total. The van der Waals surface area contributed by atoms with Crippen molar-refractivity contribution in [1.29, 1.82) is 0 Å². The van der Waals surface area contributed by atoms with E-state index < -0.39 is 0 Å². The summed E-state index contributed by atoms with van der Waals surface area (Å²) in [5.74, 6) is 0.653. The van der Waals surface area contributed by atoms with Crippen LogP contribution in [0, 0.1) is 5.92 Å². The Bertz CT molecular complexity index is 551. The molecule has 24 heavy (non-hydrogen) atoms. The van der Waals surface area contributed by atoms with Crippen molar-refractivity contribution in [3.8, 4) is 5.75 Å². The Hall–Kier alpha value is -2.08. The third kappa shape index (κ3) is 4.96. The van der Waals surface area contributed by atoms with Crippen LogP contribution < -0.4 is 20.7 Å². The van der Waals surface area contributed by atoms with Gasteiger partial charge in [0.15, 0.2) is 6.04 Å². The van der Waals surface area contributed by atoms with Gasteiger partial charge in [0.25, 0.3) is 5.91 Å². The maximum absolute atomic E-state index is 12.3. The molecule has 0 spiro atoms. The van der Waals surface area contributed by atoms with Gasteiger partial charge in [-0.15, -0.1) is 0 Å². The molecule has 0 aliphatic carbocycles. The number of nitrogens with one attached hydrogen (secondary N) is 2. The normalized spacial score (nSPS) is 21.8. The van der Waals surface area contributed by atoms with Gasteiger partial charge in [0, 0.05) is 25.3 Å². The Morgan fingerprint density at radius 3 is 2.46 bits per heavy atom. The van der Waals surface area contributed by atoms with Crippen molar-refractivity contribution < 1.29 is 19.2 Å². The van der Waals surface area contributed by atoms with Crippen LogP contribution in [0.4, 0.5) is 0 Å². The van der Waals surface area contributed by atoms with Crippen molar-refractivity contribution >= 4 is 11.8 Å². The van der Waals surface area contributed by atoms with Gasteiger partial charge >= 0.3 is 0 Å². The van der Waals surface area contributed by atoms with Crippen LogP contribution in [0.1, 0.15) is 25.3 Å². The molecule has 2 rings (SSSR count). The summed E-state index contributed by atoms with van der Waals surface area (Å²) in [7, 11) is 1.64. The van der Waals surface area contributed by atoms with E-state index in [2.05, 4.69) is 5.32 Å². The van der Waals surface area contributed by atoms with Crippen LogP contribution >= 0.6 is 0 Å². The largest absolute Gasteiger partial charge is 0.497 e. The number of methoxy groups -OCH3 is 1. The highest BCUT2D eigenvalue weighted by molar-refractivity contribution is 5.80. The number of primary amides is 1. The molecule has 1 atom stereocenters. The molecule has 0 aromatic heterocycles. The van der Waals surface area contributed by atoms with Crippen LogP contribution in [-0.2, 0) is 16.0 Å². The number of benzene rings is 1. The van der Waals surface area contributed by atoms with Crippen molar-refractivity contribution in [3.63, 3.8) is 0 Å². The number of carbonyl (C=O) groups excluding carboxylic acids is 2.